The third kappa shape index (κ3) is 4.60. The summed E-state index contributed by atoms with van der Waals surface area (Å²) in [6.45, 7) is 0.167. The molecule has 114 valence electrons. The van der Waals surface area contributed by atoms with Crippen molar-refractivity contribution in [1.82, 2.24) is 0 Å². The molecule has 0 aliphatic rings. The van der Waals surface area contributed by atoms with Crippen LogP contribution in [0.2, 0.25) is 0 Å². The van der Waals surface area contributed by atoms with Crippen LogP contribution in [0.15, 0.2) is 59.7 Å². The molecule has 0 bridgehead atoms. The van der Waals surface area contributed by atoms with Crippen LogP contribution in [0.1, 0.15) is 29.2 Å². The van der Waals surface area contributed by atoms with Crippen molar-refractivity contribution < 1.29 is 10.2 Å². The normalized spacial score (nSPS) is 13.2. The van der Waals surface area contributed by atoms with E-state index < -0.39 is 12.2 Å². The third-order valence-corrected chi connectivity index (χ3v) is 3.52. The highest BCUT2D eigenvalue weighted by Gasteiger charge is 2.17. The highest BCUT2D eigenvalue weighted by Crippen LogP contribution is 2.20. The molecule has 5 heteroatoms. The van der Waals surface area contributed by atoms with Crippen molar-refractivity contribution in [3.63, 3.8) is 0 Å². The van der Waals surface area contributed by atoms with Crippen molar-refractivity contribution in [2.75, 3.05) is 6.54 Å². The predicted molar refractivity (Wildman–Crippen MR) is 85.3 cm³/mol. The third-order valence-electron chi connectivity index (χ3n) is 3.52. The lowest BCUT2D eigenvalue weighted by atomic mass is 9.98. The largest absolute Gasteiger partial charge is 0.390 e. The Labute approximate surface area is 129 Å². The van der Waals surface area contributed by atoms with Crippen LogP contribution in [0.4, 0.5) is 0 Å². The molecule has 0 spiro atoms. The Hall–Kier alpha value is -2.33. The number of benzene rings is 2. The molecule has 0 radical (unpaired) electrons. The molecule has 2 aromatic carbocycles. The van der Waals surface area contributed by atoms with E-state index in [9.17, 15) is 10.2 Å². The Kier molecular flexibility index (Phi) is 5.98. The second kappa shape index (κ2) is 8.20. The zero-order chi connectivity index (χ0) is 15.8. The number of azide groups is 1. The fourth-order valence-corrected chi connectivity index (χ4v) is 2.28. The SMILES string of the molecule is [N-]=[N+]=NCCC(O)C(O)c1ccc(Cc2ccccc2)cc1. The van der Waals surface area contributed by atoms with E-state index in [4.69, 9.17) is 5.53 Å². The molecule has 0 aliphatic carbocycles. The molecule has 0 amide bonds. The first-order chi connectivity index (χ1) is 10.7. The minimum absolute atomic E-state index is 0.167. The van der Waals surface area contributed by atoms with Gasteiger partial charge in [0.05, 0.1) is 6.10 Å². The van der Waals surface area contributed by atoms with Crippen LogP contribution in [0, 0.1) is 0 Å². The van der Waals surface area contributed by atoms with E-state index >= 15 is 0 Å². The molecule has 2 unspecified atom stereocenters. The Morgan fingerprint density at radius 3 is 2.23 bits per heavy atom. The van der Waals surface area contributed by atoms with Gasteiger partial charge >= 0.3 is 0 Å². The van der Waals surface area contributed by atoms with Crippen LogP contribution in [-0.4, -0.2) is 22.9 Å². The van der Waals surface area contributed by atoms with Crippen molar-refractivity contribution in [2.24, 2.45) is 5.11 Å². The van der Waals surface area contributed by atoms with Gasteiger partial charge in [-0.3, -0.25) is 0 Å². The van der Waals surface area contributed by atoms with Crippen LogP contribution in [0.3, 0.4) is 0 Å². The first-order valence-electron chi connectivity index (χ1n) is 7.20. The number of aliphatic hydroxyl groups is 2. The summed E-state index contributed by atoms with van der Waals surface area (Å²) < 4.78 is 0. The van der Waals surface area contributed by atoms with Crippen LogP contribution in [-0.2, 0) is 6.42 Å². The highest BCUT2D eigenvalue weighted by atomic mass is 16.3. The van der Waals surface area contributed by atoms with Crippen molar-refractivity contribution in [1.29, 1.82) is 0 Å². The lowest BCUT2D eigenvalue weighted by Crippen LogP contribution is -2.19. The van der Waals surface area contributed by atoms with Crippen molar-refractivity contribution in [3.8, 4) is 0 Å². The van der Waals surface area contributed by atoms with Crippen LogP contribution in [0.5, 0.6) is 0 Å². The van der Waals surface area contributed by atoms with Gasteiger partial charge in [-0.25, -0.2) is 0 Å². The van der Waals surface area contributed by atoms with E-state index in [2.05, 4.69) is 22.2 Å². The molecule has 2 rings (SSSR count). The number of aliphatic hydroxyl groups excluding tert-OH is 2. The van der Waals surface area contributed by atoms with Gasteiger partial charge in [-0.1, -0.05) is 59.7 Å². The van der Waals surface area contributed by atoms with Crippen LogP contribution < -0.4 is 0 Å². The Balaban J connectivity index is 1.97. The van der Waals surface area contributed by atoms with Gasteiger partial charge in [0, 0.05) is 11.5 Å². The second-order valence-electron chi connectivity index (χ2n) is 5.16. The average Bonchev–Trinajstić information content (AvgIpc) is 2.56. The van der Waals surface area contributed by atoms with E-state index in [-0.39, 0.29) is 13.0 Å². The zero-order valence-electron chi connectivity index (χ0n) is 12.2. The Morgan fingerprint density at radius 2 is 1.59 bits per heavy atom. The van der Waals surface area contributed by atoms with Gasteiger partial charge in [0.15, 0.2) is 0 Å². The molecule has 0 saturated carbocycles. The summed E-state index contributed by atoms with van der Waals surface area (Å²) in [6, 6.07) is 17.7. The first kappa shape index (κ1) is 16.0. The molecular weight excluding hydrogens is 278 g/mol. The second-order valence-corrected chi connectivity index (χ2v) is 5.16. The fraction of sp³-hybridized carbons (Fsp3) is 0.294. The van der Waals surface area contributed by atoms with E-state index in [1.54, 1.807) is 0 Å². The quantitative estimate of drug-likeness (QED) is 0.466. The molecule has 2 aromatic rings. The summed E-state index contributed by atoms with van der Waals surface area (Å²) in [7, 11) is 0. The topological polar surface area (TPSA) is 89.2 Å². The molecule has 5 nitrogen and oxygen atoms in total. The maximum Gasteiger partial charge on any atom is 0.105 e. The van der Waals surface area contributed by atoms with Gasteiger partial charge in [0.25, 0.3) is 0 Å². The molecule has 0 aliphatic heterocycles. The van der Waals surface area contributed by atoms with Crippen molar-refractivity contribution in [3.05, 3.63) is 81.7 Å². The van der Waals surface area contributed by atoms with Crippen molar-refractivity contribution in [2.45, 2.75) is 25.0 Å². The van der Waals surface area contributed by atoms with E-state index in [0.717, 1.165) is 12.0 Å². The minimum atomic E-state index is -0.973. The number of hydrogen-bond acceptors (Lipinski definition) is 3. The molecule has 2 atom stereocenters. The Bertz CT molecular complexity index is 622. The lowest BCUT2D eigenvalue weighted by Gasteiger charge is -2.17. The summed E-state index contributed by atoms with van der Waals surface area (Å²) in [4.78, 5) is 2.62. The summed E-state index contributed by atoms with van der Waals surface area (Å²) in [6.07, 6.45) is -0.849. The van der Waals surface area contributed by atoms with E-state index in [1.165, 1.54) is 5.56 Å². The maximum atomic E-state index is 10.1. The van der Waals surface area contributed by atoms with Gasteiger partial charge in [0.1, 0.15) is 6.10 Å². The summed E-state index contributed by atoms with van der Waals surface area (Å²) in [5.41, 5.74) is 11.2. The van der Waals surface area contributed by atoms with Crippen LogP contribution >= 0.6 is 0 Å². The molecule has 0 aromatic heterocycles. The molecule has 0 saturated heterocycles. The predicted octanol–water partition coefficient (Wildman–Crippen LogP) is 3.37. The summed E-state index contributed by atoms with van der Waals surface area (Å²) in [5.74, 6) is 0. The number of hydrogen-bond donors (Lipinski definition) is 2. The number of rotatable bonds is 7. The smallest absolute Gasteiger partial charge is 0.105 e. The van der Waals surface area contributed by atoms with E-state index in [1.807, 2.05) is 42.5 Å². The highest BCUT2D eigenvalue weighted by molar-refractivity contribution is 5.29. The maximum absolute atomic E-state index is 10.1. The lowest BCUT2D eigenvalue weighted by molar-refractivity contribution is 0.0150. The molecule has 0 heterocycles. The monoisotopic (exact) mass is 297 g/mol. The molecule has 0 fully saturated rings. The summed E-state index contributed by atoms with van der Waals surface area (Å²) in [5, 5.41) is 23.3. The molecule has 2 N–H and O–H groups in total. The summed E-state index contributed by atoms with van der Waals surface area (Å²) >= 11 is 0. The average molecular weight is 297 g/mol. The Morgan fingerprint density at radius 1 is 0.955 bits per heavy atom. The van der Waals surface area contributed by atoms with Crippen molar-refractivity contribution >= 4 is 0 Å². The van der Waals surface area contributed by atoms with E-state index in [0.29, 0.717) is 5.56 Å². The van der Waals surface area contributed by atoms with Gasteiger partial charge in [-0.2, -0.15) is 0 Å². The molecular formula is C17H19N3O2. The zero-order valence-corrected chi connectivity index (χ0v) is 12.2. The molecule has 22 heavy (non-hydrogen) atoms. The van der Waals surface area contributed by atoms with Gasteiger partial charge in [0.2, 0.25) is 0 Å². The van der Waals surface area contributed by atoms with Gasteiger partial charge < -0.3 is 10.2 Å². The fourth-order valence-electron chi connectivity index (χ4n) is 2.28. The van der Waals surface area contributed by atoms with Crippen LogP contribution in [0.25, 0.3) is 10.4 Å². The van der Waals surface area contributed by atoms with Gasteiger partial charge in [-0.15, -0.1) is 0 Å². The standard InChI is InChI=1S/C17H19N3O2/c18-20-19-11-10-16(21)17(22)15-8-6-14(7-9-15)12-13-4-2-1-3-5-13/h1-9,16-17,21-22H,10-12H2. The van der Waals surface area contributed by atoms with Gasteiger partial charge in [-0.05, 0) is 35.1 Å². The number of nitrogens with zero attached hydrogens (tertiary/aromatic N) is 3. The minimum Gasteiger partial charge on any atom is -0.390 e. The first-order valence-corrected chi connectivity index (χ1v) is 7.20.